The van der Waals surface area contributed by atoms with E-state index >= 15 is 0 Å². The van der Waals surface area contributed by atoms with Crippen molar-refractivity contribution in [2.24, 2.45) is 10.4 Å². The molecule has 1 aliphatic heterocycles. The van der Waals surface area contributed by atoms with Gasteiger partial charge in [0.2, 0.25) is 0 Å². The number of rotatable bonds is 0. The zero-order valence-corrected chi connectivity index (χ0v) is 9.93. The zero-order valence-electron chi connectivity index (χ0n) is 9.18. The maximum atomic E-state index is 5.96. The molecule has 0 aromatic carbocycles. The Kier molecular flexibility index (Phi) is 3.94. The van der Waals surface area contributed by atoms with E-state index in [1.54, 1.807) is 0 Å². The minimum Gasteiger partial charge on any atom is -0.249 e. The lowest BCUT2D eigenvalue weighted by molar-refractivity contribution is 0.515. The number of allylic oxidation sites excluding steroid dienone is 3. The average Bonchev–Trinajstić information content (AvgIpc) is 2.15. The molecule has 0 saturated heterocycles. The van der Waals surface area contributed by atoms with E-state index in [-0.39, 0.29) is 5.41 Å². The fourth-order valence-corrected chi connectivity index (χ4v) is 1.45. The van der Waals surface area contributed by atoms with Crippen LogP contribution in [0.25, 0.3) is 0 Å². The van der Waals surface area contributed by atoms with E-state index < -0.39 is 0 Å². The SMILES string of the molecule is CC(C)(C)C1=C/N=C(Cl)CCC/C=C\1. The van der Waals surface area contributed by atoms with Gasteiger partial charge in [0.05, 0.1) is 0 Å². The Morgan fingerprint density at radius 1 is 1.36 bits per heavy atom. The van der Waals surface area contributed by atoms with Crippen molar-refractivity contribution in [1.29, 1.82) is 0 Å². The quantitative estimate of drug-likeness (QED) is 0.567. The molecule has 1 nitrogen and oxygen atoms in total. The zero-order chi connectivity index (χ0) is 10.6. The second-order valence-electron chi connectivity index (χ2n) is 4.63. The van der Waals surface area contributed by atoms with Crippen LogP contribution in [0.4, 0.5) is 0 Å². The Labute approximate surface area is 91.6 Å². The molecule has 0 unspecified atom stereocenters. The minimum atomic E-state index is 0.140. The molecule has 1 rings (SSSR count). The summed E-state index contributed by atoms with van der Waals surface area (Å²) in [5.74, 6) is 0. The van der Waals surface area contributed by atoms with Crippen LogP contribution >= 0.6 is 11.6 Å². The standard InChI is InChI=1S/C12H18ClN/c1-12(2,3)10-7-5-4-6-8-11(13)14-9-10/h5,7,9H,4,6,8H2,1-3H3/b7-5-,10-9+,14-11?. The summed E-state index contributed by atoms with van der Waals surface area (Å²) in [7, 11) is 0. The Balaban J connectivity index is 2.94. The summed E-state index contributed by atoms with van der Waals surface area (Å²) in [6, 6.07) is 0. The molecular weight excluding hydrogens is 194 g/mol. The first-order valence-electron chi connectivity index (χ1n) is 5.09. The van der Waals surface area contributed by atoms with Crippen LogP contribution in [0.3, 0.4) is 0 Å². The molecule has 0 spiro atoms. The molecule has 2 heteroatoms. The Hall–Kier alpha value is -0.560. The molecule has 0 amide bonds. The molecule has 0 fully saturated rings. The smallest absolute Gasteiger partial charge is 0.106 e. The van der Waals surface area contributed by atoms with Gasteiger partial charge < -0.3 is 0 Å². The maximum absolute atomic E-state index is 5.96. The van der Waals surface area contributed by atoms with E-state index in [9.17, 15) is 0 Å². The van der Waals surface area contributed by atoms with E-state index in [1.165, 1.54) is 5.57 Å². The predicted molar refractivity (Wildman–Crippen MR) is 63.8 cm³/mol. The predicted octanol–water partition coefficient (Wildman–Crippen LogP) is 4.29. The third-order valence-corrected chi connectivity index (χ3v) is 2.55. The summed E-state index contributed by atoms with van der Waals surface area (Å²) < 4.78 is 0. The third kappa shape index (κ3) is 3.67. The van der Waals surface area contributed by atoms with E-state index in [4.69, 9.17) is 11.6 Å². The van der Waals surface area contributed by atoms with Crippen LogP contribution in [0, 0.1) is 5.41 Å². The number of nitrogens with zero attached hydrogens (tertiary/aromatic N) is 1. The third-order valence-electron chi connectivity index (χ3n) is 2.26. The first-order valence-corrected chi connectivity index (χ1v) is 5.47. The summed E-state index contributed by atoms with van der Waals surface area (Å²) in [4.78, 5) is 4.26. The first-order chi connectivity index (χ1) is 6.50. The van der Waals surface area contributed by atoms with E-state index in [0.717, 1.165) is 24.4 Å². The van der Waals surface area contributed by atoms with Gasteiger partial charge in [0, 0.05) is 12.6 Å². The van der Waals surface area contributed by atoms with Crippen LogP contribution in [0.1, 0.15) is 40.0 Å². The highest BCUT2D eigenvalue weighted by atomic mass is 35.5. The molecule has 0 aromatic rings. The summed E-state index contributed by atoms with van der Waals surface area (Å²) in [6.45, 7) is 6.56. The van der Waals surface area contributed by atoms with E-state index in [0.29, 0.717) is 0 Å². The highest BCUT2D eigenvalue weighted by Gasteiger charge is 2.14. The Morgan fingerprint density at radius 3 is 2.71 bits per heavy atom. The largest absolute Gasteiger partial charge is 0.249 e. The Bertz CT molecular complexity index is 279. The van der Waals surface area contributed by atoms with Gasteiger partial charge in [0.1, 0.15) is 5.17 Å². The second-order valence-corrected chi connectivity index (χ2v) is 5.07. The van der Waals surface area contributed by atoms with Crippen molar-refractivity contribution in [3.8, 4) is 0 Å². The van der Waals surface area contributed by atoms with Crippen LogP contribution < -0.4 is 0 Å². The topological polar surface area (TPSA) is 12.4 Å². The van der Waals surface area contributed by atoms with Crippen LogP contribution in [-0.4, -0.2) is 5.17 Å². The number of hydrogen-bond acceptors (Lipinski definition) is 1. The van der Waals surface area contributed by atoms with E-state index in [1.807, 2.05) is 6.20 Å². The van der Waals surface area contributed by atoms with Gasteiger partial charge in [-0.25, -0.2) is 4.99 Å². The molecule has 0 aromatic heterocycles. The fraction of sp³-hybridized carbons (Fsp3) is 0.583. The van der Waals surface area contributed by atoms with Crippen molar-refractivity contribution in [3.63, 3.8) is 0 Å². The lowest BCUT2D eigenvalue weighted by atomic mass is 9.87. The van der Waals surface area contributed by atoms with Crippen LogP contribution in [0.5, 0.6) is 0 Å². The maximum Gasteiger partial charge on any atom is 0.106 e. The van der Waals surface area contributed by atoms with Gasteiger partial charge >= 0.3 is 0 Å². The summed E-state index contributed by atoms with van der Waals surface area (Å²) >= 11 is 5.96. The summed E-state index contributed by atoms with van der Waals surface area (Å²) in [6.07, 6.45) is 9.33. The van der Waals surface area contributed by atoms with Gasteiger partial charge in [-0.05, 0) is 23.8 Å². The van der Waals surface area contributed by atoms with Gasteiger partial charge in [-0.1, -0.05) is 44.5 Å². The first kappa shape index (κ1) is 11.5. The van der Waals surface area contributed by atoms with Crippen molar-refractivity contribution in [2.75, 3.05) is 0 Å². The summed E-state index contributed by atoms with van der Waals surface area (Å²) in [5.41, 5.74) is 1.37. The van der Waals surface area contributed by atoms with E-state index in [2.05, 4.69) is 37.9 Å². The molecule has 0 saturated carbocycles. The normalized spacial score (nSPS) is 25.1. The monoisotopic (exact) mass is 211 g/mol. The van der Waals surface area contributed by atoms with Crippen LogP contribution in [0.15, 0.2) is 28.9 Å². The molecule has 0 radical (unpaired) electrons. The van der Waals surface area contributed by atoms with Gasteiger partial charge in [-0.2, -0.15) is 0 Å². The summed E-state index contributed by atoms with van der Waals surface area (Å²) in [5, 5.41) is 0.718. The molecule has 1 aliphatic rings. The second kappa shape index (κ2) is 4.79. The molecule has 14 heavy (non-hydrogen) atoms. The van der Waals surface area contributed by atoms with Crippen molar-refractivity contribution < 1.29 is 0 Å². The van der Waals surface area contributed by atoms with Gasteiger partial charge in [-0.3, -0.25) is 0 Å². The molecule has 1 heterocycles. The minimum absolute atomic E-state index is 0.140. The van der Waals surface area contributed by atoms with Crippen molar-refractivity contribution in [3.05, 3.63) is 23.9 Å². The van der Waals surface area contributed by atoms with Crippen molar-refractivity contribution in [2.45, 2.75) is 40.0 Å². The molecule has 78 valence electrons. The molecule has 0 atom stereocenters. The lowest BCUT2D eigenvalue weighted by Gasteiger charge is -2.19. The van der Waals surface area contributed by atoms with Gasteiger partial charge in [0.25, 0.3) is 0 Å². The van der Waals surface area contributed by atoms with Crippen LogP contribution in [0.2, 0.25) is 0 Å². The molecule has 0 bridgehead atoms. The number of halogens is 1. The lowest BCUT2D eigenvalue weighted by Crippen LogP contribution is -2.07. The van der Waals surface area contributed by atoms with Gasteiger partial charge in [-0.15, -0.1) is 0 Å². The van der Waals surface area contributed by atoms with Crippen molar-refractivity contribution >= 4 is 16.8 Å². The van der Waals surface area contributed by atoms with Crippen molar-refractivity contribution in [1.82, 2.24) is 0 Å². The van der Waals surface area contributed by atoms with Gasteiger partial charge in [0.15, 0.2) is 0 Å². The number of aliphatic imine (C=N–C) groups is 1. The molecule has 0 aliphatic carbocycles. The highest BCUT2D eigenvalue weighted by Crippen LogP contribution is 2.27. The van der Waals surface area contributed by atoms with Crippen LogP contribution in [-0.2, 0) is 0 Å². The average molecular weight is 212 g/mol. The number of hydrogen-bond donors (Lipinski definition) is 0. The molecule has 0 N–H and O–H groups in total. The fourth-order valence-electron chi connectivity index (χ4n) is 1.27. The molecular formula is C12H18ClN. The highest BCUT2D eigenvalue weighted by molar-refractivity contribution is 6.65. The Morgan fingerprint density at radius 2 is 2.07 bits per heavy atom.